The number of nitrogens with zero attached hydrogens (tertiary/aromatic N) is 3. The maximum Gasteiger partial charge on any atom is 0.435 e. The summed E-state index contributed by atoms with van der Waals surface area (Å²) >= 11 is 10.8. The van der Waals surface area contributed by atoms with E-state index in [1.807, 2.05) is 0 Å². The summed E-state index contributed by atoms with van der Waals surface area (Å²) in [5.41, 5.74) is 7.51. The minimum atomic E-state index is -4.59. The van der Waals surface area contributed by atoms with E-state index in [0.29, 0.717) is 10.7 Å². The van der Waals surface area contributed by atoms with Crippen molar-refractivity contribution in [3.63, 3.8) is 0 Å². The number of benzene rings is 1. The fourth-order valence-corrected chi connectivity index (χ4v) is 2.30. The zero-order chi connectivity index (χ0) is 18.8. The molecule has 0 bridgehead atoms. The van der Waals surface area contributed by atoms with Gasteiger partial charge in [0.1, 0.15) is 6.54 Å². The molecule has 1 aromatic carbocycles. The van der Waals surface area contributed by atoms with E-state index in [4.69, 9.17) is 29.6 Å². The van der Waals surface area contributed by atoms with Crippen LogP contribution in [0, 0.1) is 6.92 Å². The first-order valence-corrected chi connectivity index (χ1v) is 7.63. The van der Waals surface area contributed by atoms with E-state index in [0.717, 1.165) is 15.8 Å². The number of hydrazine groups is 1. The molecule has 1 heterocycles. The van der Waals surface area contributed by atoms with Crippen molar-refractivity contribution in [2.45, 2.75) is 19.6 Å². The van der Waals surface area contributed by atoms with Crippen LogP contribution in [0.1, 0.15) is 11.4 Å². The highest BCUT2D eigenvalue weighted by Crippen LogP contribution is 2.28. The molecule has 0 fully saturated rings. The molecule has 1 aromatic heterocycles. The van der Waals surface area contributed by atoms with E-state index in [-0.39, 0.29) is 10.8 Å². The number of rotatable bonds is 3. The molecule has 3 N–H and O–H groups in total. The minimum absolute atomic E-state index is 0.163. The molecule has 0 aliphatic carbocycles. The Morgan fingerprint density at radius 3 is 2.64 bits per heavy atom. The summed E-state index contributed by atoms with van der Waals surface area (Å²) in [7, 11) is 0. The van der Waals surface area contributed by atoms with E-state index in [9.17, 15) is 18.0 Å². The number of amides is 1. The van der Waals surface area contributed by atoms with Gasteiger partial charge in [-0.05, 0) is 43.4 Å². The van der Waals surface area contributed by atoms with Crippen molar-refractivity contribution in [1.29, 1.82) is 0 Å². The first kappa shape index (κ1) is 19.0. The topological polar surface area (TPSA) is 76.2 Å². The molecule has 1 amide bonds. The lowest BCUT2D eigenvalue weighted by molar-refractivity contribution is -0.141. The molecule has 0 atom stereocenters. The molecule has 0 saturated heterocycles. The third-order valence-electron chi connectivity index (χ3n) is 3.09. The van der Waals surface area contributed by atoms with E-state index in [2.05, 4.69) is 10.5 Å². The highest BCUT2D eigenvalue weighted by molar-refractivity contribution is 7.80. The van der Waals surface area contributed by atoms with Crippen LogP contribution in [0.4, 0.5) is 18.9 Å². The number of carbonyl (C=O) groups excluding carboxylic acids is 1. The van der Waals surface area contributed by atoms with Crippen molar-refractivity contribution in [2.24, 2.45) is 5.73 Å². The molecule has 0 aliphatic rings. The zero-order valence-corrected chi connectivity index (χ0v) is 14.4. The number of thiocarbonyl (C=S) groups is 1. The van der Waals surface area contributed by atoms with Crippen LogP contribution in [0.5, 0.6) is 0 Å². The van der Waals surface area contributed by atoms with Crippen molar-refractivity contribution >= 4 is 40.5 Å². The summed E-state index contributed by atoms with van der Waals surface area (Å²) in [5.74, 6) is -0.660. The summed E-state index contributed by atoms with van der Waals surface area (Å²) in [5, 5.41) is 4.72. The van der Waals surface area contributed by atoms with E-state index >= 15 is 0 Å². The third kappa shape index (κ3) is 4.83. The van der Waals surface area contributed by atoms with Crippen molar-refractivity contribution in [3.8, 4) is 0 Å². The van der Waals surface area contributed by atoms with Gasteiger partial charge in [0, 0.05) is 10.7 Å². The molecule has 25 heavy (non-hydrogen) atoms. The molecule has 0 unspecified atom stereocenters. The monoisotopic (exact) mass is 391 g/mol. The Kier molecular flexibility index (Phi) is 5.53. The van der Waals surface area contributed by atoms with Gasteiger partial charge >= 0.3 is 6.18 Å². The minimum Gasteiger partial charge on any atom is -0.374 e. The van der Waals surface area contributed by atoms with Crippen molar-refractivity contribution in [1.82, 2.24) is 15.2 Å². The van der Waals surface area contributed by atoms with Gasteiger partial charge in [-0.2, -0.15) is 18.3 Å². The van der Waals surface area contributed by atoms with Crippen LogP contribution >= 0.6 is 23.8 Å². The van der Waals surface area contributed by atoms with Crippen molar-refractivity contribution in [2.75, 3.05) is 5.01 Å². The quantitative estimate of drug-likeness (QED) is 0.621. The SMILES string of the molecule is Cc1cc(C(F)(F)F)nn1CC(=O)NN(C(N)=S)c1cccc(Cl)c1. The van der Waals surface area contributed by atoms with Gasteiger partial charge in [-0.1, -0.05) is 17.7 Å². The zero-order valence-electron chi connectivity index (χ0n) is 12.8. The van der Waals surface area contributed by atoms with E-state index < -0.39 is 24.3 Å². The van der Waals surface area contributed by atoms with Crippen LogP contribution in [-0.4, -0.2) is 20.8 Å². The van der Waals surface area contributed by atoms with Crippen LogP contribution in [-0.2, 0) is 17.5 Å². The average molecular weight is 392 g/mol. The van der Waals surface area contributed by atoms with Crippen LogP contribution in [0.2, 0.25) is 5.02 Å². The van der Waals surface area contributed by atoms with Gasteiger partial charge in [-0.25, -0.2) is 5.01 Å². The van der Waals surface area contributed by atoms with Crippen LogP contribution in [0.15, 0.2) is 30.3 Å². The predicted octanol–water partition coefficient (Wildman–Crippen LogP) is 2.65. The third-order valence-corrected chi connectivity index (χ3v) is 3.51. The predicted molar refractivity (Wildman–Crippen MR) is 90.8 cm³/mol. The number of anilines is 1. The lowest BCUT2D eigenvalue weighted by Crippen LogP contribution is -2.50. The number of nitrogens with two attached hydrogens (primary N) is 1. The highest BCUT2D eigenvalue weighted by Gasteiger charge is 2.34. The Bertz CT molecular complexity index is 808. The number of aromatic nitrogens is 2. The normalized spacial score (nSPS) is 11.2. The van der Waals surface area contributed by atoms with Gasteiger partial charge in [0.2, 0.25) is 0 Å². The van der Waals surface area contributed by atoms with Crippen molar-refractivity contribution in [3.05, 3.63) is 46.7 Å². The molecule has 11 heteroatoms. The summed E-state index contributed by atoms with van der Waals surface area (Å²) in [6.07, 6.45) is -4.59. The largest absolute Gasteiger partial charge is 0.435 e. The Balaban J connectivity index is 2.15. The van der Waals surface area contributed by atoms with Crippen LogP contribution in [0.25, 0.3) is 0 Å². The Hall–Kier alpha value is -2.33. The summed E-state index contributed by atoms with van der Waals surface area (Å²) in [6.45, 7) is 0.972. The van der Waals surface area contributed by atoms with Gasteiger partial charge in [-0.3, -0.25) is 14.9 Å². The smallest absolute Gasteiger partial charge is 0.374 e. The number of aryl methyl sites for hydroxylation is 1. The van der Waals surface area contributed by atoms with Gasteiger partial charge in [0.15, 0.2) is 10.8 Å². The number of carbonyl (C=O) groups is 1. The molecule has 2 rings (SSSR count). The number of nitrogens with one attached hydrogen (secondary N) is 1. The van der Waals surface area contributed by atoms with Crippen LogP contribution < -0.4 is 16.2 Å². The lowest BCUT2D eigenvalue weighted by atomic mass is 10.3. The second-order valence-electron chi connectivity index (χ2n) is 5.01. The average Bonchev–Trinajstić information content (AvgIpc) is 2.85. The summed E-state index contributed by atoms with van der Waals surface area (Å²) in [6, 6.07) is 7.22. The first-order chi connectivity index (χ1) is 11.6. The molecule has 6 nitrogen and oxygen atoms in total. The van der Waals surface area contributed by atoms with Gasteiger partial charge in [-0.15, -0.1) is 0 Å². The van der Waals surface area contributed by atoms with Gasteiger partial charge in [0.25, 0.3) is 5.91 Å². The van der Waals surface area contributed by atoms with Gasteiger partial charge < -0.3 is 5.73 Å². The lowest BCUT2D eigenvalue weighted by Gasteiger charge is -2.23. The molecular formula is C14H13ClF3N5OS. The second kappa shape index (κ2) is 7.28. The van der Waals surface area contributed by atoms with E-state index in [1.165, 1.54) is 13.0 Å². The fraction of sp³-hybridized carbons (Fsp3) is 0.214. The number of hydrogen-bond acceptors (Lipinski definition) is 3. The molecular weight excluding hydrogens is 379 g/mol. The Morgan fingerprint density at radius 2 is 2.12 bits per heavy atom. The van der Waals surface area contributed by atoms with Gasteiger partial charge in [0.05, 0.1) is 5.69 Å². The number of alkyl halides is 3. The van der Waals surface area contributed by atoms with E-state index in [1.54, 1.807) is 18.2 Å². The van der Waals surface area contributed by atoms with Crippen LogP contribution in [0.3, 0.4) is 0 Å². The van der Waals surface area contributed by atoms with Crippen molar-refractivity contribution < 1.29 is 18.0 Å². The Labute approximate surface area is 151 Å². The molecule has 0 aliphatic heterocycles. The highest BCUT2D eigenvalue weighted by atomic mass is 35.5. The second-order valence-corrected chi connectivity index (χ2v) is 5.87. The molecule has 134 valence electrons. The number of hydrogen-bond donors (Lipinski definition) is 2. The molecule has 2 aromatic rings. The fourth-order valence-electron chi connectivity index (χ4n) is 1.97. The maximum absolute atomic E-state index is 12.7. The maximum atomic E-state index is 12.7. The molecule has 0 radical (unpaired) electrons. The summed E-state index contributed by atoms with van der Waals surface area (Å²) in [4.78, 5) is 12.2. The summed E-state index contributed by atoms with van der Waals surface area (Å²) < 4.78 is 38.9. The molecule has 0 saturated carbocycles. The first-order valence-electron chi connectivity index (χ1n) is 6.84. The number of halogens is 4. The molecule has 0 spiro atoms. The standard InChI is InChI=1S/C14H13ClF3N5OS/c1-8-5-11(14(16,17)18)20-22(8)7-12(24)21-23(13(19)25)10-4-2-3-9(15)6-10/h2-6H,7H2,1H3,(H2,19,25)(H,21,24). The Morgan fingerprint density at radius 1 is 1.44 bits per heavy atom.